The van der Waals surface area contributed by atoms with Crippen LogP contribution in [0, 0.1) is 23.7 Å². The predicted molar refractivity (Wildman–Crippen MR) is 160 cm³/mol. The molecule has 3 unspecified atom stereocenters. The fourth-order valence-corrected chi connectivity index (χ4v) is 6.03. The van der Waals surface area contributed by atoms with Gasteiger partial charge in [-0.05, 0) is 43.6 Å². The van der Waals surface area contributed by atoms with Crippen molar-refractivity contribution in [1.82, 2.24) is 5.32 Å². The van der Waals surface area contributed by atoms with Gasteiger partial charge in [0.15, 0.2) is 0 Å². The summed E-state index contributed by atoms with van der Waals surface area (Å²) in [5.41, 5.74) is 8.91. The third-order valence-corrected chi connectivity index (χ3v) is 8.03. The number of nitrogens with zero attached hydrogens (tertiary/aromatic N) is 2. The molecule has 0 bridgehead atoms. The molecule has 3 atom stereocenters. The molecule has 1 fully saturated rings. The van der Waals surface area contributed by atoms with E-state index >= 15 is 0 Å². The Morgan fingerprint density at radius 1 is 1.05 bits per heavy atom. The highest BCUT2D eigenvalue weighted by atomic mass is 16.2. The normalized spacial score (nSPS) is 19.3. The molecule has 7 nitrogen and oxygen atoms in total. The summed E-state index contributed by atoms with van der Waals surface area (Å²) in [4.78, 5) is 47.2. The summed E-state index contributed by atoms with van der Waals surface area (Å²) in [6.07, 6.45) is 6.92. The van der Waals surface area contributed by atoms with E-state index in [-0.39, 0.29) is 18.2 Å². The Bertz CT molecular complexity index is 1230. The van der Waals surface area contributed by atoms with Crippen LogP contribution in [0.4, 0.5) is 5.69 Å². The van der Waals surface area contributed by atoms with Gasteiger partial charge in [-0.1, -0.05) is 87.7 Å². The zero-order valence-corrected chi connectivity index (χ0v) is 23.7. The number of anilines is 1. The predicted octanol–water partition coefficient (Wildman–Crippen LogP) is 5.23. The quantitative estimate of drug-likeness (QED) is 0.380. The van der Waals surface area contributed by atoms with E-state index in [1.807, 2.05) is 73.3 Å². The van der Waals surface area contributed by atoms with Crippen LogP contribution in [0.3, 0.4) is 0 Å². The molecule has 2 aromatic rings. The molecule has 1 heterocycles. The minimum absolute atomic E-state index is 0.141. The first kappa shape index (κ1) is 29.2. The highest BCUT2D eigenvalue weighted by molar-refractivity contribution is 6.20. The summed E-state index contributed by atoms with van der Waals surface area (Å²) in [6.45, 7) is 8.33. The molecule has 1 saturated carbocycles. The largest absolute Gasteiger partial charge is 0.369 e. The molecule has 0 radical (unpaired) electrons. The SMILES string of the molecule is C=CCC(C(N)=O)C(CC(C)C)C(=O)NC1N=C(c2ccccc2)c2ccccc2N(CC2CCCCC2)C1=O. The van der Waals surface area contributed by atoms with Crippen LogP contribution in [0.2, 0.25) is 0 Å². The molecule has 2 aliphatic rings. The third kappa shape index (κ3) is 6.87. The molecule has 4 rings (SSSR count). The summed E-state index contributed by atoms with van der Waals surface area (Å²) in [7, 11) is 0. The Labute approximate surface area is 237 Å². The van der Waals surface area contributed by atoms with E-state index in [1.165, 1.54) is 6.42 Å². The van der Waals surface area contributed by atoms with Gasteiger partial charge in [0.25, 0.3) is 5.91 Å². The summed E-state index contributed by atoms with van der Waals surface area (Å²) < 4.78 is 0. The van der Waals surface area contributed by atoms with Gasteiger partial charge >= 0.3 is 0 Å². The van der Waals surface area contributed by atoms with Crippen molar-refractivity contribution in [1.29, 1.82) is 0 Å². The fraction of sp³-hybridized carbons (Fsp3) is 0.455. The van der Waals surface area contributed by atoms with Gasteiger partial charge in [-0.15, -0.1) is 6.58 Å². The van der Waals surface area contributed by atoms with Crippen molar-refractivity contribution in [2.24, 2.45) is 34.4 Å². The van der Waals surface area contributed by atoms with Crippen molar-refractivity contribution in [3.05, 3.63) is 78.4 Å². The lowest BCUT2D eigenvalue weighted by molar-refractivity contribution is -0.135. The van der Waals surface area contributed by atoms with Crippen LogP contribution in [0.5, 0.6) is 0 Å². The number of allylic oxidation sites excluding steroid dienone is 1. The first-order chi connectivity index (χ1) is 19.3. The van der Waals surface area contributed by atoms with Crippen molar-refractivity contribution in [3.63, 3.8) is 0 Å². The summed E-state index contributed by atoms with van der Waals surface area (Å²) in [5.74, 6) is -2.08. The molecule has 0 aromatic heterocycles. The zero-order valence-electron chi connectivity index (χ0n) is 23.7. The van der Waals surface area contributed by atoms with Crippen LogP contribution in [0.15, 0.2) is 72.2 Å². The van der Waals surface area contributed by atoms with Crippen LogP contribution in [0.25, 0.3) is 0 Å². The van der Waals surface area contributed by atoms with Crippen LogP contribution in [0.1, 0.15) is 69.9 Å². The summed E-state index contributed by atoms with van der Waals surface area (Å²) in [5, 5.41) is 2.95. The lowest BCUT2D eigenvalue weighted by Crippen LogP contribution is -2.51. The number of nitrogens with two attached hydrogens (primary N) is 1. The van der Waals surface area contributed by atoms with Crippen molar-refractivity contribution >= 4 is 29.1 Å². The van der Waals surface area contributed by atoms with Crippen molar-refractivity contribution < 1.29 is 14.4 Å². The van der Waals surface area contributed by atoms with Gasteiger partial charge in [-0.2, -0.15) is 0 Å². The number of amides is 3. The van der Waals surface area contributed by atoms with E-state index in [0.29, 0.717) is 24.6 Å². The number of benzodiazepines with no additional fused rings is 1. The molecular weight excluding hydrogens is 500 g/mol. The Morgan fingerprint density at radius 3 is 2.38 bits per heavy atom. The number of hydrogen-bond donors (Lipinski definition) is 2. The average Bonchev–Trinajstić information content (AvgIpc) is 3.06. The Hall–Kier alpha value is -3.74. The van der Waals surface area contributed by atoms with Crippen LogP contribution in [-0.2, 0) is 14.4 Å². The molecule has 1 aliphatic carbocycles. The number of para-hydroxylation sites is 1. The second-order valence-corrected chi connectivity index (χ2v) is 11.5. The molecule has 3 amide bonds. The lowest BCUT2D eigenvalue weighted by atomic mass is 9.82. The highest BCUT2D eigenvalue weighted by Crippen LogP contribution is 2.32. The molecule has 212 valence electrons. The van der Waals surface area contributed by atoms with E-state index < -0.39 is 29.8 Å². The number of carbonyl (C=O) groups excluding carboxylic acids is 3. The molecule has 3 N–H and O–H groups in total. The van der Waals surface area contributed by atoms with Gasteiger partial charge in [0.05, 0.1) is 23.2 Å². The minimum Gasteiger partial charge on any atom is -0.369 e. The minimum atomic E-state index is -1.13. The van der Waals surface area contributed by atoms with Crippen molar-refractivity contribution in [2.45, 2.75) is 65.0 Å². The van der Waals surface area contributed by atoms with E-state index in [2.05, 4.69) is 11.9 Å². The van der Waals surface area contributed by atoms with Crippen LogP contribution < -0.4 is 16.0 Å². The van der Waals surface area contributed by atoms with E-state index in [0.717, 1.165) is 42.5 Å². The van der Waals surface area contributed by atoms with Gasteiger partial charge in [0.1, 0.15) is 0 Å². The van der Waals surface area contributed by atoms with E-state index in [4.69, 9.17) is 10.7 Å². The van der Waals surface area contributed by atoms with Gasteiger partial charge in [0.2, 0.25) is 18.0 Å². The first-order valence-corrected chi connectivity index (χ1v) is 14.5. The van der Waals surface area contributed by atoms with Crippen molar-refractivity contribution in [3.8, 4) is 0 Å². The molecule has 1 aliphatic heterocycles. The van der Waals surface area contributed by atoms with Gasteiger partial charge in [0, 0.05) is 17.7 Å². The van der Waals surface area contributed by atoms with Gasteiger partial charge < -0.3 is 16.0 Å². The number of aliphatic imine (C=N–C) groups is 1. The number of carbonyl (C=O) groups is 3. The highest BCUT2D eigenvalue weighted by Gasteiger charge is 2.38. The maximum absolute atomic E-state index is 14.3. The number of fused-ring (bicyclic) bond motifs is 1. The number of nitrogens with one attached hydrogen (secondary N) is 1. The first-order valence-electron chi connectivity index (χ1n) is 14.5. The zero-order chi connectivity index (χ0) is 28.6. The van der Waals surface area contributed by atoms with Crippen molar-refractivity contribution in [2.75, 3.05) is 11.4 Å². The standard InChI is InChI=1S/C33H42N4O3/c1-4-13-25(30(34)38)27(20-22(2)3)32(39)36-31-33(40)37(21-23-14-7-5-8-15-23)28-19-12-11-18-26(28)29(35-31)24-16-9-6-10-17-24/h4,6,9-12,16-19,22-23,25,27,31H,1,5,7-8,13-15,20-21H2,2-3H3,(H2,34,38)(H,36,39). The second kappa shape index (κ2) is 13.6. The fourth-order valence-electron chi connectivity index (χ4n) is 6.03. The third-order valence-electron chi connectivity index (χ3n) is 8.03. The molecular formula is C33H42N4O3. The van der Waals surface area contributed by atoms with Crippen LogP contribution in [-0.4, -0.2) is 36.1 Å². The maximum Gasteiger partial charge on any atom is 0.272 e. The number of hydrogen-bond acceptors (Lipinski definition) is 4. The average molecular weight is 543 g/mol. The monoisotopic (exact) mass is 542 g/mol. The topological polar surface area (TPSA) is 105 Å². The Balaban J connectivity index is 1.76. The second-order valence-electron chi connectivity index (χ2n) is 11.5. The smallest absolute Gasteiger partial charge is 0.272 e. The van der Waals surface area contributed by atoms with E-state index in [1.54, 1.807) is 6.08 Å². The van der Waals surface area contributed by atoms with Gasteiger partial charge in [-0.25, -0.2) is 4.99 Å². The van der Waals surface area contributed by atoms with Crippen LogP contribution >= 0.6 is 0 Å². The molecule has 40 heavy (non-hydrogen) atoms. The number of benzene rings is 2. The molecule has 0 saturated heterocycles. The summed E-state index contributed by atoms with van der Waals surface area (Å²) >= 11 is 0. The Kier molecular flexibility index (Phi) is 9.91. The maximum atomic E-state index is 14.3. The lowest BCUT2D eigenvalue weighted by Gasteiger charge is -2.32. The number of rotatable bonds is 11. The molecule has 2 aromatic carbocycles. The van der Waals surface area contributed by atoms with Gasteiger partial charge in [-0.3, -0.25) is 14.4 Å². The number of primary amides is 1. The molecule has 0 spiro atoms. The molecule has 7 heteroatoms. The summed E-state index contributed by atoms with van der Waals surface area (Å²) in [6, 6.07) is 17.6. The Morgan fingerprint density at radius 2 is 1.73 bits per heavy atom. The van der Waals surface area contributed by atoms with E-state index in [9.17, 15) is 14.4 Å².